The van der Waals surface area contributed by atoms with Crippen molar-refractivity contribution in [3.8, 4) is 0 Å². The van der Waals surface area contributed by atoms with Gasteiger partial charge in [-0.25, -0.2) is 0 Å². The zero-order valence-corrected chi connectivity index (χ0v) is 28.1. The number of halogens is 12. The van der Waals surface area contributed by atoms with Gasteiger partial charge in [-0.05, 0) is 47.8 Å². The van der Waals surface area contributed by atoms with E-state index in [4.69, 9.17) is 0 Å². The third-order valence-corrected chi connectivity index (χ3v) is 6.07. The number of aromatic nitrogens is 2. The van der Waals surface area contributed by atoms with Crippen LogP contribution in [0.25, 0.3) is 34.0 Å². The van der Waals surface area contributed by atoms with Gasteiger partial charge in [0.05, 0.1) is 10.8 Å². The average molecular weight is 743 g/mol. The molecule has 18 heteroatoms. The molecule has 0 saturated heterocycles. The standard InChI is InChI=1S/C30H36N4.2F6P/c1-31(2)21-15-25-17-23-33(29-13-7-5-11-27(25)29)19-9-10-20-34-24-18-26(16-22-32(3)4)28-12-6-8-14-30(28)34;2*1-7(2,3,4,5)6/h5-8,11-18,21-24H,9-10,19-20H2,1-4H3;;/q+2;2*-1. The van der Waals surface area contributed by atoms with Crippen LogP contribution in [0.4, 0.5) is 50.4 Å². The Morgan fingerprint density at radius 1 is 0.500 bits per heavy atom. The molecule has 48 heavy (non-hydrogen) atoms. The van der Waals surface area contributed by atoms with Crippen LogP contribution in [0.15, 0.2) is 85.5 Å². The number of aryl methyl sites for hydroxylation is 2. The summed E-state index contributed by atoms with van der Waals surface area (Å²) in [6.45, 7) is 2.03. The summed E-state index contributed by atoms with van der Waals surface area (Å²) in [6, 6.07) is 21.9. The first-order valence-electron chi connectivity index (χ1n) is 14.1. The number of benzene rings is 2. The quantitative estimate of drug-likeness (QED) is 0.0734. The monoisotopic (exact) mass is 742 g/mol. The van der Waals surface area contributed by atoms with Crippen molar-refractivity contribution < 1.29 is 59.5 Å². The normalized spacial score (nSPS) is 15.1. The molecule has 0 fully saturated rings. The third kappa shape index (κ3) is 19.2. The molecular formula is C30H36F12N4P2. The first-order chi connectivity index (χ1) is 21.4. The Balaban J connectivity index is 0.000000479. The summed E-state index contributed by atoms with van der Waals surface area (Å²) in [4.78, 5) is 4.14. The number of nitrogens with zero attached hydrogens (tertiary/aromatic N) is 4. The van der Waals surface area contributed by atoms with E-state index in [1.165, 1.54) is 32.9 Å². The Hall–Kier alpha value is -3.64. The van der Waals surface area contributed by atoms with Crippen LogP contribution in [0, 0.1) is 0 Å². The van der Waals surface area contributed by atoms with E-state index in [1.807, 2.05) is 0 Å². The molecule has 0 aliphatic carbocycles. The Morgan fingerprint density at radius 2 is 0.792 bits per heavy atom. The van der Waals surface area contributed by atoms with Gasteiger partial charge in [-0.3, -0.25) is 0 Å². The number of hydrogen-bond donors (Lipinski definition) is 0. The molecule has 4 aromatic rings. The molecule has 4 nitrogen and oxygen atoms in total. The molecule has 0 spiro atoms. The first kappa shape index (κ1) is 40.5. The van der Waals surface area contributed by atoms with Crippen LogP contribution in [-0.4, -0.2) is 38.0 Å². The van der Waals surface area contributed by atoms with Gasteiger partial charge in [0.25, 0.3) is 0 Å². The Morgan fingerprint density at radius 3 is 1.08 bits per heavy atom. The molecule has 4 rings (SSSR count). The van der Waals surface area contributed by atoms with E-state index in [9.17, 15) is 50.4 Å². The van der Waals surface area contributed by atoms with Gasteiger partial charge in [-0.15, -0.1) is 0 Å². The van der Waals surface area contributed by atoms with Crippen LogP contribution in [0.5, 0.6) is 0 Å². The second-order valence-corrected chi connectivity index (χ2v) is 15.0. The summed E-state index contributed by atoms with van der Waals surface area (Å²) in [5.41, 5.74) is 5.09. The van der Waals surface area contributed by atoms with Crippen LogP contribution in [0.1, 0.15) is 24.0 Å². The van der Waals surface area contributed by atoms with Crippen molar-refractivity contribution >= 4 is 49.6 Å². The van der Waals surface area contributed by atoms with Gasteiger partial charge in [0.15, 0.2) is 12.4 Å². The van der Waals surface area contributed by atoms with E-state index in [1.54, 1.807) is 0 Å². The van der Waals surface area contributed by atoms with Crippen LogP contribution >= 0.6 is 15.6 Å². The van der Waals surface area contributed by atoms with E-state index >= 15 is 0 Å². The summed E-state index contributed by atoms with van der Waals surface area (Å²) in [6.07, 6.45) is 15.3. The SMILES string of the molecule is CN(C)C=Cc1cc[n+](CCCC[n+]2ccc(C=CN(C)C)c3ccccc32)c2ccccc12.F[P-](F)(F)(F)(F)F.F[P-](F)(F)(F)(F)F. The number of rotatable bonds is 9. The predicted octanol–water partition coefficient (Wildman–Crippen LogP) is 11.9. The summed E-state index contributed by atoms with van der Waals surface area (Å²) < 4.78 is 123. The van der Waals surface area contributed by atoms with Crippen molar-refractivity contribution in [2.45, 2.75) is 25.9 Å². The molecule has 0 bridgehead atoms. The molecule has 0 unspecified atom stereocenters. The van der Waals surface area contributed by atoms with Crippen molar-refractivity contribution in [1.29, 1.82) is 0 Å². The molecule has 270 valence electrons. The number of hydrogen-bond acceptors (Lipinski definition) is 2. The van der Waals surface area contributed by atoms with Crippen molar-refractivity contribution in [2.75, 3.05) is 28.2 Å². The van der Waals surface area contributed by atoms with Gasteiger partial charge in [-0.2, -0.15) is 9.13 Å². The van der Waals surface area contributed by atoms with Crippen LogP contribution in [0.3, 0.4) is 0 Å². The summed E-state index contributed by atoms with van der Waals surface area (Å²) in [7, 11) is -13.1. The molecule has 0 atom stereocenters. The number of pyridine rings is 2. The molecule has 2 aromatic carbocycles. The van der Waals surface area contributed by atoms with Gasteiger partial charge in [0.2, 0.25) is 11.0 Å². The fourth-order valence-electron chi connectivity index (χ4n) is 4.32. The van der Waals surface area contributed by atoms with Crippen LogP contribution < -0.4 is 9.13 Å². The molecule has 0 aliphatic rings. The zero-order valence-electron chi connectivity index (χ0n) is 26.3. The van der Waals surface area contributed by atoms with E-state index in [0.29, 0.717) is 0 Å². The van der Waals surface area contributed by atoms with Crippen LogP contribution in [0.2, 0.25) is 0 Å². The van der Waals surface area contributed by atoms with Crippen molar-refractivity contribution in [1.82, 2.24) is 9.80 Å². The van der Waals surface area contributed by atoms with E-state index in [-0.39, 0.29) is 0 Å². The number of fused-ring (bicyclic) bond motifs is 2. The summed E-state index contributed by atoms with van der Waals surface area (Å²) in [5, 5.41) is 2.59. The van der Waals surface area contributed by atoms with E-state index in [0.717, 1.165) is 25.9 Å². The molecule has 0 radical (unpaired) electrons. The zero-order chi connectivity index (χ0) is 36.7. The van der Waals surface area contributed by atoms with Crippen LogP contribution in [-0.2, 0) is 13.1 Å². The second-order valence-electron chi connectivity index (χ2n) is 11.1. The average Bonchev–Trinajstić information content (AvgIpc) is 2.90. The molecular weight excluding hydrogens is 706 g/mol. The fourth-order valence-corrected chi connectivity index (χ4v) is 4.32. The minimum absolute atomic E-state index is 1.01. The summed E-state index contributed by atoms with van der Waals surface area (Å²) >= 11 is 0. The maximum absolute atomic E-state index is 10.7. The summed E-state index contributed by atoms with van der Waals surface area (Å²) in [5.74, 6) is 0. The molecule has 0 saturated carbocycles. The van der Waals surface area contributed by atoms with Crippen molar-refractivity contribution in [3.63, 3.8) is 0 Å². The van der Waals surface area contributed by atoms with Gasteiger partial charge in [0.1, 0.15) is 13.1 Å². The van der Waals surface area contributed by atoms with Crippen molar-refractivity contribution in [2.24, 2.45) is 0 Å². The van der Waals surface area contributed by atoms with E-state index in [2.05, 4.69) is 145 Å². The maximum atomic E-state index is 9.87. The third-order valence-electron chi connectivity index (χ3n) is 6.07. The van der Waals surface area contributed by atoms with Gasteiger partial charge < -0.3 is 9.80 Å². The molecule has 0 N–H and O–H groups in total. The first-order valence-corrected chi connectivity index (χ1v) is 18.1. The number of unbranched alkanes of at least 4 members (excludes halogenated alkanes) is 1. The number of para-hydroxylation sites is 2. The Labute approximate surface area is 269 Å². The molecule has 0 amide bonds. The predicted molar refractivity (Wildman–Crippen MR) is 170 cm³/mol. The molecule has 2 heterocycles. The minimum atomic E-state index is -10.7. The Bertz CT molecular complexity index is 1620. The van der Waals surface area contributed by atoms with Gasteiger partial charge >= 0.3 is 66.0 Å². The molecule has 2 aromatic heterocycles. The van der Waals surface area contributed by atoms with Gasteiger partial charge in [-0.1, -0.05) is 24.3 Å². The fraction of sp³-hybridized carbons (Fsp3) is 0.267. The Kier molecular flexibility index (Phi) is 11.3. The van der Waals surface area contributed by atoms with Gasteiger partial charge in [0, 0.05) is 65.3 Å². The van der Waals surface area contributed by atoms with E-state index < -0.39 is 15.6 Å². The second kappa shape index (κ2) is 13.3. The van der Waals surface area contributed by atoms with Crippen molar-refractivity contribution in [3.05, 3.63) is 96.6 Å². The molecule has 0 aliphatic heterocycles. The topological polar surface area (TPSA) is 14.2 Å².